The normalized spacial score (nSPS) is 11.9. The van der Waals surface area contributed by atoms with Crippen LogP contribution in [0.4, 0.5) is 0 Å². The van der Waals surface area contributed by atoms with Gasteiger partial charge in [0.25, 0.3) is 0 Å². The molecule has 0 saturated carbocycles. The van der Waals surface area contributed by atoms with E-state index in [4.69, 9.17) is 0 Å². The van der Waals surface area contributed by atoms with Crippen molar-refractivity contribution < 1.29 is 0 Å². The molecule has 0 aliphatic carbocycles. The van der Waals surface area contributed by atoms with E-state index in [1.54, 1.807) is 0 Å². The summed E-state index contributed by atoms with van der Waals surface area (Å²) >= 11 is 9.29. The molecule has 0 N–H and O–H groups in total. The van der Waals surface area contributed by atoms with E-state index in [9.17, 15) is 0 Å². The molecule has 0 unspecified atom stereocenters. The number of hydrogen-bond acceptors (Lipinski definition) is 1. The lowest BCUT2D eigenvalue weighted by Crippen LogP contribution is -2.31. The van der Waals surface area contributed by atoms with E-state index >= 15 is 0 Å². The molecule has 0 amide bonds. The molecule has 0 radical (unpaired) electrons. The zero-order valence-electron chi connectivity index (χ0n) is 5.60. The summed E-state index contributed by atoms with van der Waals surface area (Å²) in [7, 11) is 0. The van der Waals surface area contributed by atoms with Crippen molar-refractivity contribution in [2.45, 2.75) is 13.0 Å². The second-order valence-corrected chi connectivity index (χ2v) is 17.3. The van der Waals surface area contributed by atoms with Crippen molar-refractivity contribution in [1.82, 2.24) is 0 Å². The third kappa shape index (κ3) is 1.93. The third-order valence-corrected chi connectivity index (χ3v) is 12.7. The Morgan fingerprint density at radius 1 is 1.60 bits per heavy atom. The van der Waals surface area contributed by atoms with E-state index < -0.39 is 5.31 Å². The van der Waals surface area contributed by atoms with Gasteiger partial charge in [-0.05, 0) is 11.4 Å². The zero-order valence-corrected chi connectivity index (χ0v) is 10.6. The average molecular weight is 300 g/mol. The summed E-state index contributed by atoms with van der Waals surface area (Å²) in [5, 5.41) is 0.763. The van der Waals surface area contributed by atoms with Crippen LogP contribution in [0.15, 0.2) is 17.5 Å². The molecule has 0 fully saturated rings. The van der Waals surface area contributed by atoms with Crippen LogP contribution >= 0.6 is 41.9 Å². The quantitative estimate of drug-likeness (QED) is 0.581. The van der Waals surface area contributed by atoms with Crippen LogP contribution in [-0.2, 0) is 0 Å². The molecule has 0 spiro atoms. The molecule has 1 aromatic rings. The van der Waals surface area contributed by atoms with Gasteiger partial charge in [0.15, 0.2) is 0 Å². The average Bonchev–Trinajstić information content (AvgIpc) is 2.38. The molecule has 0 saturated heterocycles. The molecule has 0 bridgehead atoms. The SMILES string of the molecule is CC[Si](Br)(Br)c1cccs1. The van der Waals surface area contributed by atoms with Gasteiger partial charge in [-0.15, -0.1) is 30.6 Å². The summed E-state index contributed by atoms with van der Waals surface area (Å²) in [6.45, 7) is 2.20. The Morgan fingerprint density at radius 3 is 2.70 bits per heavy atom. The standard InChI is InChI=1S/C6H8Br2SSi/c1-2-10(7,8)6-4-3-5-9-6/h3-5H,2H2,1H3. The van der Waals surface area contributed by atoms with E-state index in [1.807, 2.05) is 11.3 Å². The van der Waals surface area contributed by atoms with Crippen LogP contribution < -0.4 is 4.50 Å². The molecule has 1 aromatic heterocycles. The maximum absolute atomic E-state index is 3.73. The molecule has 56 valence electrons. The molecule has 1 rings (SSSR count). The van der Waals surface area contributed by atoms with Crippen molar-refractivity contribution in [2.24, 2.45) is 0 Å². The Labute approximate surface area is 81.8 Å². The lowest BCUT2D eigenvalue weighted by molar-refractivity contribution is 1.46. The summed E-state index contributed by atoms with van der Waals surface area (Å²) in [5.41, 5.74) is 0. The Kier molecular flexibility index (Phi) is 3.15. The fourth-order valence-corrected chi connectivity index (χ4v) is 5.61. The third-order valence-electron chi connectivity index (χ3n) is 1.33. The molecule has 0 aromatic carbocycles. The van der Waals surface area contributed by atoms with Crippen LogP contribution in [0.5, 0.6) is 0 Å². The molecule has 10 heavy (non-hydrogen) atoms. The summed E-state index contributed by atoms with van der Waals surface area (Å²) in [6, 6.07) is 5.47. The fourth-order valence-electron chi connectivity index (χ4n) is 0.661. The van der Waals surface area contributed by atoms with E-state index in [2.05, 4.69) is 55.0 Å². The lowest BCUT2D eigenvalue weighted by atomic mass is 10.7. The van der Waals surface area contributed by atoms with Gasteiger partial charge in [0.05, 0.1) is 0 Å². The van der Waals surface area contributed by atoms with E-state index in [1.165, 1.54) is 10.5 Å². The maximum Gasteiger partial charge on any atom is 0.239 e. The first kappa shape index (κ1) is 8.97. The Balaban J connectivity index is 2.85. The second kappa shape index (κ2) is 3.52. The highest BCUT2D eigenvalue weighted by molar-refractivity contribution is 9.51. The van der Waals surface area contributed by atoms with Crippen molar-refractivity contribution in [2.75, 3.05) is 0 Å². The summed E-state index contributed by atoms with van der Waals surface area (Å²) in [4.78, 5) is 0. The van der Waals surface area contributed by atoms with Gasteiger partial charge < -0.3 is 0 Å². The van der Waals surface area contributed by atoms with Gasteiger partial charge in [-0.25, -0.2) is 0 Å². The molecule has 4 heteroatoms. The first-order valence-electron chi connectivity index (χ1n) is 3.08. The molecule has 0 aliphatic heterocycles. The lowest BCUT2D eigenvalue weighted by Gasteiger charge is -2.11. The highest BCUT2D eigenvalue weighted by atomic mass is 79.9. The monoisotopic (exact) mass is 298 g/mol. The Bertz CT molecular complexity index is 196. The van der Waals surface area contributed by atoms with E-state index in [0.717, 1.165) is 0 Å². The highest BCUT2D eigenvalue weighted by Crippen LogP contribution is 2.25. The number of halogens is 2. The predicted molar refractivity (Wildman–Crippen MR) is 58.0 cm³/mol. The van der Waals surface area contributed by atoms with Crippen molar-refractivity contribution in [1.29, 1.82) is 0 Å². The van der Waals surface area contributed by atoms with Gasteiger partial charge in [0.2, 0.25) is 5.31 Å². The largest absolute Gasteiger partial charge is 0.239 e. The van der Waals surface area contributed by atoms with E-state index in [-0.39, 0.29) is 0 Å². The van der Waals surface area contributed by atoms with Crippen LogP contribution in [0.2, 0.25) is 6.04 Å². The van der Waals surface area contributed by atoms with Gasteiger partial charge in [0.1, 0.15) is 0 Å². The van der Waals surface area contributed by atoms with Gasteiger partial charge in [-0.1, -0.05) is 19.1 Å². The Hall–Kier alpha value is 0.877. The van der Waals surface area contributed by atoms with Crippen molar-refractivity contribution >= 4 is 51.7 Å². The maximum atomic E-state index is 3.73. The second-order valence-electron chi connectivity index (χ2n) is 2.04. The molecular formula is C6H8Br2SSi. The minimum absolute atomic E-state index is 1.19. The minimum Gasteiger partial charge on any atom is -0.151 e. The topological polar surface area (TPSA) is 0 Å². The highest BCUT2D eigenvalue weighted by Gasteiger charge is 2.27. The van der Waals surface area contributed by atoms with Crippen molar-refractivity contribution in [3.63, 3.8) is 0 Å². The summed E-state index contributed by atoms with van der Waals surface area (Å²) in [5.74, 6) is 0. The van der Waals surface area contributed by atoms with Crippen LogP contribution in [0.3, 0.4) is 0 Å². The first-order chi connectivity index (χ1) is 4.67. The molecule has 0 nitrogen and oxygen atoms in total. The fraction of sp³-hybridized carbons (Fsp3) is 0.333. The minimum atomic E-state index is -1.36. The number of hydrogen-bond donors (Lipinski definition) is 0. The molecule has 0 atom stereocenters. The predicted octanol–water partition coefficient (Wildman–Crippen LogP) is 3.21. The van der Waals surface area contributed by atoms with Gasteiger partial charge in [0, 0.05) is 4.50 Å². The molecular weight excluding hydrogens is 292 g/mol. The van der Waals surface area contributed by atoms with Crippen LogP contribution in [0, 0.1) is 0 Å². The van der Waals surface area contributed by atoms with Gasteiger partial charge >= 0.3 is 0 Å². The van der Waals surface area contributed by atoms with Crippen LogP contribution in [0.1, 0.15) is 6.92 Å². The van der Waals surface area contributed by atoms with Gasteiger partial charge in [-0.2, -0.15) is 11.3 Å². The first-order valence-corrected chi connectivity index (χ1v) is 10.7. The molecule has 0 aliphatic rings. The van der Waals surface area contributed by atoms with Crippen LogP contribution in [0.25, 0.3) is 0 Å². The summed E-state index contributed by atoms with van der Waals surface area (Å²) in [6.07, 6.45) is 0. The summed E-state index contributed by atoms with van der Waals surface area (Å²) < 4.78 is 1.47. The smallest absolute Gasteiger partial charge is 0.151 e. The molecule has 1 heterocycles. The number of rotatable bonds is 2. The van der Waals surface area contributed by atoms with Crippen molar-refractivity contribution in [3.05, 3.63) is 17.5 Å². The van der Waals surface area contributed by atoms with Gasteiger partial charge in [-0.3, -0.25) is 0 Å². The van der Waals surface area contributed by atoms with E-state index in [0.29, 0.717) is 0 Å². The van der Waals surface area contributed by atoms with Crippen molar-refractivity contribution in [3.8, 4) is 0 Å². The van der Waals surface area contributed by atoms with Crippen LogP contribution in [-0.4, -0.2) is 5.31 Å². The number of thiophene rings is 1. The zero-order chi connectivity index (χ0) is 7.61. The Morgan fingerprint density at radius 2 is 2.30 bits per heavy atom.